The summed E-state index contributed by atoms with van der Waals surface area (Å²) in [4.78, 5) is 23.5. The molecule has 1 aromatic heterocycles. The molecule has 0 atom stereocenters. The van der Waals surface area contributed by atoms with Crippen LogP contribution in [0.15, 0.2) is 24.4 Å². The van der Waals surface area contributed by atoms with Gasteiger partial charge in [0.25, 0.3) is 0 Å². The zero-order chi connectivity index (χ0) is 17.6. The van der Waals surface area contributed by atoms with Crippen LogP contribution in [0.3, 0.4) is 0 Å². The van der Waals surface area contributed by atoms with Crippen molar-refractivity contribution in [1.29, 1.82) is 0 Å². The first-order valence-electron chi connectivity index (χ1n) is 8.36. The summed E-state index contributed by atoms with van der Waals surface area (Å²) in [6.45, 7) is 4.68. The zero-order valence-corrected chi connectivity index (χ0v) is 14.4. The molecule has 1 fully saturated rings. The van der Waals surface area contributed by atoms with E-state index in [0.29, 0.717) is 25.7 Å². The Kier molecular flexibility index (Phi) is 5.49. The predicted octanol–water partition coefficient (Wildman–Crippen LogP) is 1.10. The lowest BCUT2D eigenvalue weighted by Gasteiger charge is -2.33. The molecule has 3 rings (SSSR count). The second kappa shape index (κ2) is 7.98. The molecule has 1 aromatic carbocycles. The Bertz CT molecular complexity index is 731. The van der Waals surface area contributed by atoms with Crippen LogP contribution in [0.4, 0.5) is 4.79 Å². The van der Waals surface area contributed by atoms with E-state index in [1.165, 1.54) is 0 Å². The zero-order valence-electron chi connectivity index (χ0n) is 14.4. The maximum atomic E-state index is 11.1. The van der Waals surface area contributed by atoms with Crippen LogP contribution in [0.25, 0.3) is 10.9 Å². The van der Waals surface area contributed by atoms with E-state index in [9.17, 15) is 4.79 Å². The lowest BCUT2D eigenvalue weighted by atomic mass is 10.2. The fourth-order valence-corrected chi connectivity index (χ4v) is 2.84. The number of hydrogen-bond acceptors (Lipinski definition) is 6. The Labute approximate surface area is 146 Å². The number of rotatable bonds is 6. The quantitative estimate of drug-likeness (QED) is 0.788. The standard InChI is InChI=1S/C17H23N5O3/c1-24-17-19-12-13-3-4-14(11-15(13)20-17)25-10-2-5-21-6-8-22(9-7-21)16(18)23/h3-4,11-12H,2,5-10H2,1H3,(H2,18,23). The molecule has 2 aromatic rings. The Balaban J connectivity index is 1.44. The molecule has 2 heterocycles. The number of hydrogen-bond donors (Lipinski definition) is 1. The highest BCUT2D eigenvalue weighted by atomic mass is 16.5. The minimum absolute atomic E-state index is 0.334. The topological polar surface area (TPSA) is 93.8 Å². The highest BCUT2D eigenvalue weighted by molar-refractivity contribution is 5.79. The number of nitrogens with two attached hydrogens (primary N) is 1. The maximum Gasteiger partial charge on any atom is 0.316 e. The van der Waals surface area contributed by atoms with Gasteiger partial charge in [-0.2, -0.15) is 4.98 Å². The lowest BCUT2D eigenvalue weighted by molar-refractivity contribution is 0.139. The number of primary amides is 1. The maximum absolute atomic E-state index is 11.1. The first-order chi connectivity index (χ1) is 12.2. The second-order valence-corrected chi connectivity index (χ2v) is 5.95. The number of piperazine rings is 1. The fourth-order valence-electron chi connectivity index (χ4n) is 2.84. The average molecular weight is 345 g/mol. The predicted molar refractivity (Wildman–Crippen MR) is 93.8 cm³/mol. The Hall–Kier alpha value is -2.61. The van der Waals surface area contributed by atoms with Crippen molar-refractivity contribution in [2.45, 2.75) is 6.42 Å². The van der Waals surface area contributed by atoms with Gasteiger partial charge in [-0.3, -0.25) is 4.90 Å². The average Bonchev–Trinajstić information content (AvgIpc) is 2.65. The van der Waals surface area contributed by atoms with Crippen LogP contribution in [0.5, 0.6) is 11.8 Å². The minimum atomic E-state index is -0.334. The molecule has 8 heteroatoms. The molecule has 0 radical (unpaired) electrons. The van der Waals surface area contributed by atoms with Crippen LogP contribution in [0, 0.1) is 0 Å². The number of carbonyl (C=O) groups is 1. The highest BCUT2D eigenvalue weighted by Gasteiger charge is 2.18. The smallest absolute Gasteiger partial charge is 0.316 e. The van der Waals surface area contributed by atoms with Gasteiger partial charge in [0.05, 0.1) is 19.2 Å². The van der Waals surface area contributed by atoms with Crippen LogP contribution in [0.1, 0.15) is 6.42 Å². The number of aromatic nitrogens is 2. The molecule has 0 spiro atoms. The normalized spacial score (nSPS) is 15.3. The van der Waals surface area contributed by atoms with E-state index in [1.807, 2.05) is 18.2 Å². The third-order valence-corrected chi connectivity index (χ3v) is 4.29. The molecule has 0 saturated carbocycles. The number of nitrogens with zero attached hydrogens (tertiary/aromatic N) is 4. The SMILES string of the molecule is COc1ncc2ccc(OCCCN3CCN(C(N)=O)CC3)cc2n1. The van der Waals surface area contributed by atoms with Crippen molar-refractivity contribution >= 4 is 16.9 Å². The summed E-state index contributed by atoms with van der Waals surface area (Å²) in [6, 6.07) is 5.77. The summed E-state index contributed by atoms with van der Waals surface area (Å²) in [5.41, 5.74) is 6.09. The number of urea groups is 1. The van der Waals surface area contributed by atoms with Crippen molar-refractivity contribution in [3.8, 4) is 11.8 Å². The van der Waals surface area contributed by atoms with Gasteiger partial charge in [-0.25, -0.2) is 9.78 Å². The highest BCUT2D eigenvalue weighted by Crippen LogP contribution is 2.20. The minimum Gasteiger partial charge on any atom is -0.493 e. The monoisotopic (exact) mass is 345 g/mol. The van der Waals surface area contributed by atoms with E-state index in [0.717, 1.165) is 42.7 Å². The van der Waals surface area contributed by atoms with Crippen molar-refractivity contribution in [3.05, 3.63) is 24.4 Å². The molecular weight excluding hydrogens is 322 g/mol. The van der Waals surface area contributed by atoms with E-state index < -0.39 is 0 Å². The van der Waals surface area contributed by atoms with Crippen LogP contribution < -0.4 is 15.2 Å². The van der Waals surface area contributed by atoms with Gasteiger partial charge in [0, 0.05) is 50.4 Å². The number of carbonyl (C=O) groups excluding carboxylic acids is 1. The number of ether oxygens (including phenoxy) is 2. The second-order valence-electron chi connectivity index (χ2n) is 5.95. The molecule has 1 saturated heterocycles. The van der Waals surface area contributed by atoms with E-state index in [1.54, 1.807) is 18.2 Å². The third kappa shape index (κ3) is 4.48. The van der Waals surface area contributed by atoms with Gasteiger partial charge in [-0.05, 0) is 18.6 Å². The molecule has 1 aliphatic heterocycles. The molecular formula is C17H23N5O3. The molecule has 25 heavy (non-hydrogen) atoms. The number of methoxy groups -OCH3 is 1. The van der Waals surface area contributed by atoms with Crippen molar-refractivity contribution in [3.63, 3.8) is 0 Å². The lowest BCUT2D eigenvalue weighted by Crippen LogP contribution is -2.50. The van der Waals surface area contributed by atoms with Gasteiger partial charge in [-0.15, -0.1) is 0 Å². The molecule has 0 aliphatic carbocycles. The number of benzene rings is 1. The van der Waals surface area contributed by atoms with Gasteiger partial charge < -0.3 is 20.1 Å². The van der Waals surface area contributed by atoms with Crippen molar-refractivity contribution in [1.82, 2.24) is 19.8 Å². The van der Waals surface area contributed by atoms with Crippen LogP contribution >= 0.6 is 0 Å². The molecule has 8 nitrogen and oxygen atoms in total. The summed E-state index contributed by atoms with van der Waals surface area (Å²) in [7, 11) is 1.55. The van der Waals surface area contributed by atoms with Gasteiger partial charge >= 0.3 is 12.0 Å². The van der Waals surface area contributed by atoms with Gasteiger partial charge in [0.2, 0.25) is 0 Å². The third-order valence-electron chi connectivity index (χ3n) is 4.29. The van der Waals surface area contributed by atoms with E-state index >= 15 is 0 Å². The molecule has 2 N–H and O–H groups in total. The molecule has 1 aliphatic rings. The van der Waals surface area contributed by atoms with Gasteiger partial charge in [-0.1, -0.05) is 0 Å². The summed E-state index contributed by atoms with van der Waals surface area (Å²) < 4.78 is 10.9. The molecule has 0 unspecified atom stereocenters. The van der Waals surface area contributed by atoms with E-state index in [-0.39, 0.29) is 6.03 Å². The Morgan fingerprint density at radius 3 is 2.80 bits per heavy atom. The van der Waals surface area contributed by atoms with Crippen LogP contribution in [-0.4, -0.2) is 72.2 Å². The number of fused-ring (bicyclic) bond motifs is 1. The van der Waals surface area contributed by atoms with Crippen LogP contribution in [0.2, 0.25) is 0 Å². The summed E-state index contributed by atoms with van der Waals surface area (Å²) in [5, 5.41) is 0.945. The van der Waals surface area contributed by atoms with Gasteiger partial charge in [0.15, 0.2) is 0 Å². The molecule has 0 bridgehead atoms. The molecule has 134 valence electrons. The summed E-state index contributed by atoms with van der Waals surface area (Å²) in [6.07, 6.45) is 2.65. The summed E-state index contributed by atoms with van der Waals surface area (Å²) in [5.74, 6) is 0.784. The van der Waals surface area contributed by atoms with Crippen molar-refractivity contribution in [2.24, 2.45) is 5.73 Å². The largest absolute Gasteiger partial charge is 0.493 e. The van der Waals surface area contributed by atoms with Crippen LogP contribution in [-0.2, 0) is 0 Å². The van der Waals surface area contributed by atoms with Crippen molar-refractivity contribution in [2.75, 3.05) is 46.4 Å². The van der Waals surface area contributed by atoms with Crippen molar-refractivity contribution < 1.29 is 14.3 Å². The molecule has 2 amide bonds. The van der Waals surface area contributed by atoms with Gasteiger partial charge in [0.1, 0.15) is 5.75 Å². The van der Waals surface area contributed by atoms with E-state index in [2.05, 4.69) is 14.9 Å². The number of amides is 2. The first kappa shape index (κ1) is 17.2. The Morgan fingerprint density at radius 1 is 1.28 bits per heavy atom. The fraction of sp³-hybridized carbons (Fsp3) is 0.471. The van der Waals surface area contributed by atoms with E-state index in [4.69, 9.17) is 15.2 Å². The summed E-state index contributed by atoms with van der Waals surface area (Å²) >= 11 is 0. The Morgan fingerprint density at radius 2 is 2.08 bits per heavy atom. The first-order valence-corrected chi connectivity index (χ1v) is 8.36.